The van der Waals surface area contributed by atoms with Crippen LogP contribution in [0, 0.1) is 11.8 Å². The Morgan fingerprint density at radius 3 is 1.83 bits per heavy atom. The average Bonchev–Trinajstić information content (AvgIpc) is 2.90. The number of carboxylic acid groups (broad SMARTS) is 2. The lowest BCUT2D eigenvalue weighted by molar-refractivity contribution is -0.137. The van der Waals surface area contributed by atoms with E-state index in [9.17, 15) is 4.79 Å². The zero-order valence-electron chi connectivity index (χ0n) is 20.7. The summed E-state index contributed by atoms with van der Waals surface area (Å²) in [4.78, 5) is 36.2. The van der Waals surface area contributed by atoms with Crippen LogP contribution in [-0.4, -0.2) is 109 Å². The summed E-state index contributed by atoms with van der Waals surface area (Å²) < 4.78 is 5.36. The van der Waals surface area contributed by atoms with Crippen molar-refractivity contribution < 1.29 is 29.3 Å². The summed E-state index contributed by atoms with van der Waals surface area (Å²) in [5.41, 5.74) is 1.45. The SMILES string of the molecule is O=C(CN1CCC(C2CCN(CCc3ccccc3)CC2)CC1)N1CCOCC1.O=CO.O=CO. The molecule has 2 N–H and O–H groups in total. The highest BCUT2D eigenvalue weighted by atomic mass is 16.5. The highest BCUT2D eigenvalue weighted by Crippen LogP contribution is 2.32. The highest BCUT2D eigenvalue weighted by molar-refractivity contribution is 5.78. The summed E-state index contributed by atoms with van der Waals surface area (Å²) in [6.45, 7) is 8.90. The van der Waals surface area contributed by atoms with Crippen LogP contribution in [0.25, 0.3) is 0 Å². The van der Waals surface area contributed by atoms with Gasteiger partial charge >= 0.3 is 0 Å². The molecular weight excluding hydrogens is 450 g/mol. The van der Waals surface area contributed by atoms with E-state index in [0.29, 0.717) is 25.7 Å². The maximum atomic E-state index is 12.5. The summed E-state index contributed by atoms with van der Waals surface area (Å²) >= 11 is 0. The number of amides is 1. The van der Waals surface area contributed by atoms with E-state index in [1.807, 2.05) is 4.90 Å². The van der Waals surface area contributed by atoms with Gasteiger partial charge in [-0.2, -0.15) is 0 Å². The van der Waals surface area contributed by atoms with E-state index in [4.69, 9.17) is 24.5 Å². The molecule has 0 spiro atoms. The fourth-order valence-electron chi connectivity index (χ4n) is 5.27. The first-order valence-electron chi connectivity index (χ1n) is 12.6. The Morgan fingerprint density at radius 2 is 1.31 bits per heavy atom. The predicted molar refractivity (Wildman–Crippen MR) is 133 cm³/mol. The largest absolute Gasteiger partial charge is 0.483 e. The highest BCUT2D eigenvalue weighted by Gasteiger charge is 2.30. The molecule has 0 unspecified atom stereocenters. The number of piperidine rings is 2. The molecule has 196 valence electrons. The number of benzene rings is 1. The second-order valence-corrected chi connectivity index (χ2v) is 9.23. The molecule has 9 nitrogen and oxygen atoms in total. The van der Waals surface area contributed by atoms with Crippen LogP contribution < -0.4 is 0 Å². The second kappa shape index (κ2) is 17.0. The third kappa shape index (κ3) is 10.8. The number of morpholine rings is 1. The quantitative estimate of drug-likeness (QED) is 0.581. The summed E-state index contributed by atoms with van der Waals surface area (Å²) in [5.74, 6) is 2.04. The zero-order valence-corrected chi connectivity index (χ0v) is 20.7. The van der Waals surface area contributed by atoms with Crippen molar-refractivity contribution in [3.8, 4) is 0 Å². The van der Waals surface area contributed by atoms with Gasteiger partial charge in [0, 0.05) is 19.6 Å². The third-order valence-electron chi connectivity index (χ3n) is 7.21. The number of hydrogen-bond donors (Lipinski definition) is 2. The van der Waals surface area contributed by atoms with Gasteiger partial charge in [0.1, 0.15) is 0 Å². The standard InChI is InChI=1S/C24H37N3O2.2CH2O2/c28-24(27-16-18-29-19-17-27)20-26-14-9-23(10-15-26)22-7-12-25(13-8-22)11-6-21-4-2-1-3-5-21;2*2-1-3/h1-5,22-23H,6-20H2;2*1H,(H,2,3). The Bertz CT molecular complexity index is 707. The molecule has 3 aliphatic rings. The van der Waals surface area contributed by atoms with Crippen molar-refractivity contribution in [1.29, 1.82) is 0 Å². The molecule has 0 aliphatic carbocycles. The smallest absolute Gasteiger partial charge is 0.290 e. The van der Waals surface area contributed by atoms with Gasteiger partial charge in [-0.05, 0) is 75.7 Å². The molecule has 0 radical (unpaired) electrons. The maximum absolute atomic E-state index is 12.5. The number of ether oxygens (including phenoxy) is 1. The van der Waals surface area contributed by atoms with Gasteiger partial charge in [0.15, 0.2) is 0 Å². The van der Waals surface area contributed by atoms with Crippen LogP contribution >= 0.6 is 0 Å². The molecule has 1 aromatic rings. The Morgan fingerprint density at radius 1 is 0.829 bits per heavy atom. The van der Waals surface area contributed by atoms with Gasteiger partial charge in [-0.15, -0.1) is 0 Å². The molecule has 0 saturated carbocycles. The van der Waals surface area contributed by atoms with Crippen molar-refractivity contribution in [3.63, 3.8) is 0 Å². The fraction of sp³-hybridized carbons (Fsp3) is 0.654. The van der Waals surface area contributed by atoms with Gasteiger partial charge in [0.25, 0.3) is 12.9 Å². The molecule has 1 aromatic carbocycles. The molecule has 35 heavy (non-hydrogen) atoms. The van der Waals surface area contributed by atoms with Gasteiger partial charge in [0.2, 0.25) is 5.91 Å². The Kier molecular flexibility index (Phi) is 14.0. The van der Waals surface area contributed by atoms with Crippen molar-refractivity contribution >= 4 is 18.9 Å². The van der Waals surface area contributed by atoms with E-state index < -0.39 is 0 Å². The number of rotatable bonds is 6. The molecule has 0 bridgehead atoms. The van der Waals surface area contributed by atoms with Crippen molar-refractivity contribution in [3.05, 3.63) is 35.9 Å². The van der Waals surface area contributed by atoms with E-state index >= 15 is 0 Å². The van der Waals surface area contributed by atoms with E-state index in [-0.39, 0.29) is 12.9 Å². The number of carbonyl (C=O) groups excluding carboxylic acids is 1. The van der Waals surface area contributed by atoms with Gasteiger partial charge in [-0.1, -0.05) is 30.3 Å². The summed E-state index contributed by atoms with van der Waals surface area (Å²) in [7, 11) is 0. The van der Waals surface area contributed by atoms with E-state index in [1.165, 1.54) is 57.3 Å². The molecule has 3 fully saturated rings. The lowest BCUT2D eigenvalue weighted by Crippen LogP contribution is -2.48. The minimum absolute atomic E-state index is 0.250. The van der Waals surface area contributed by atoms with E-state index in [1.54, 1.807) is 0 Å². The first kappa shape index (κ1) is 28.7. The molecule has 9 heteroatoms. The summed E-state index contributed by atoms with van der Waals surface area (Å²) in [5, 5.41) is 13.8. The number of likely N-dealkylation sites (tertiary alicyclic amines) is 2. The van der Waals surface area contributed by atoms with Crippen LogP contribution in [0.1, 0.15) is 31.2 Å². The number of nitrogens with zero attached hydrogens (tertiary/aromatic N) is 3. The van der Waals surface area contributed by atoms with Crippen LogP contribution in [0.3, 0.4) is 0 Å². The second-order valence-electron chi connectivity index (χ2n) is 9.23. The molecule has 0 aromatic heterocycles. The van der Waals surface area contributed by atoms with Gasteiger partial charge in [-0.3, -0.25) is 19.3 Å². The molecule has 3 heterocycles. The van der Waals surface area contributed by atoms with E-state index in [2.05, 4.69) is 40.1 Å². The molecule has 1 amide bonds. The van der Waals surface area contributed by atoms with Crippen LogP contribution in [0.15, 0.2) is 30.3 Å². The van der Waals surface area contributed by atoms with Crippen LogP contribution in [-0.2, 0) is 25.5 Å². The summed E-state index contributed by atoms with van der Waals surface area (Å²) in [6.07, 6.45) is 6.41. The van der Waals surface area contributed by atoms with Crippen molar-refractivity contribution in [2.45, 2.75) is 32.1 Å². The van der Waals surface area contributed by atoms with Crippen molar-refractivity contribution in [2.24, 2.45) is 11.8 Å². The van der Waals surface area contributed by atoms with Gasteiger partial charge < -0.3 is 24.7 Å². The Hall–Kier alpha value is -2.49. The van der Waals surface area contributed by atoms with Crippen molar-refractivity contribution in [1.82, 2.24) is 14.7 Å². The lowest BCUT2D eigenvalue weighted by atomic mass is 9.78. The average molecular weight is 492 g/mol. The predicted octanol–water partition coefficient (Wildman–Crippen LogP) is 1.91. The molecule has 0 atom stereocenters. The maximum Gasteiger partial charge on any atom is 0.290 e. The zero-order chi connectivity index (χ0) is 25.3. The Labute approximate surface area is 208 Å². The van der Waals surface area contributed by atoms with E-state index in [0.717, 1.165) is 38.0 Å². The van der Waals surface area contributed by atoms with Crippen LogP contribution in [0.5, 0.6) is 0 Å². The first-order chi connectivity index (χ1) is 17.1. The number of carbonyl (C=O) groups is 3. The fourth-order valence-corrected chi connectivity index (χ4v) is 5.27. The molecule has 3 aliphatic heterocycles. The minimum Gasteiger partial charge on any atom is -0.483 e. The summed E-state index contributed by atoms with van der Waals surface area (Å²) in [6, 6.07) is 10.9. The lowest BCUT2D eigenvalue weighted by Gasteiger charge is -2.40. The number of hydrogen-bond acceptors (Lipinski definition) is 6. The normalized spacial score (nSPS) is 20.1. The van der Waals surface area contributed by atoms with Crippen molar-refractivity contribution in [2.75, 3.05) is 65.6 Å². The van der Waals surface area contributed by atoms with Gasteiger partial charge in [-0.25, -0.2) is 0 Å². The molecular formula is C26H41N3O6. The van der Waals surface area contributed by atoms with Gasteiger partial charge in [0.05, 0.1) is 19.8 Å². The Balaban J connectivity index is 0.000000655. The third-order valence-corrected chi connectivity index (χ3v) is 7.21. The monoisotopic (exact) mass is 491 g/mol. The van der Waals surface area contributed by atoms with Crippen LogP contribution in [0.4, 0.5) is 0 Å². The molecule has 3 saturated heterocycles. The topological polar surface area (TPSA) is 111 Å². The minimum atomic E-state index is -0.250. The first-order valence-corrected chi connectivity index (χ1v) is 12.6. The molecule has 4 rings (SSSR count). The van der Waals surface area contributed by atoms with Crippen LogP contribution in [0.2, 0.25) is 0 Å².